The van der Waals surface area contributed by atoms with Crippen molar-refractivity contribution in [2.24, 2.45) is 0 Å². The molecule has 0 heterocycles. The summed E-state index contributed by atoms with van der Waals surface area (Å²) in [5, 5.41) is 0. The standard InChI is InChI=1S/C19H25N/c1-4-19(20(2)3,15-17-11-7-5-8-12-17)16-18-13-9-6-10-14-18/h5-14H,4,15-16H2,1-3H3. The van der Waals surface area contributed by atoms with Gasteiger partial charge in [-0.2, -0.15) is 0 Å². The van der Waals surface area contributed by atoms with E-state index in [-0.39, 0.29) is 5.54 Å². The molecule has 0 saturated heterocycles. The molecule has 2 aromatic carbocycles. The van der Waals surface area contributed by atoms with Crippen LogP contribution in [0.5, 0.6) is 0 Å². The first-order chi connectivity index (χ1) is 9.66. The van der Waals surface area contributed by atoms with E-state index in [0.717, 1.165) is 19.3 Å². The minimum Gasteiger partial charge on any atom is -0.303 e. The summed E-state index contributed by atoms with van der Waals surface area (Å²) in [5.41, 5.74) is 3.01. The normalized spacial score (nSPS) is 11.8. The fourth-order valence-corrected chi connectivity index (χ4v) is 2.90. The molecule has 0 aliphatic carbocycles. The number of hydrogen-bond donors (Lipinski definition) is 0. The van der Waals surface area contributed by atoms with Crippen LogP contribution >= 0.6 is 0 Å². The van der Waals surface area contributed by atoms with E-state index in [1.165, 1.54) is 11.1 Å². The zero-order valence-electron chi connectivity index (χ0n) is 12.8. The zero-order chi connectivity index (χ0) is 14.4. The Morgan fingerprint density at radius 1 is 0.750 bits per heavy atom. The molecule has 0 atom stereocenters. The van der Waals surface area contributed by atoms with Gasteiger partial charge in [-0.3, -0.25) is 0 Å². The van der Waals surface area contributed by atoms with E-state index >= 15 is 0 Å². The van der Waals surface area contributed by atoms with E-state index in [9.17, 15) is 0 Å². The third kappa shape index (κ3) is 3.49. The number of rotatable bonds is 6. The van der Waals surface area contributed by atoms with E-state index in [4.69, 9.17) is 0 Å². The number of benzene rings is 2. The summed E-state index contributed by atoms with van der Waals surface area (Å²) in [6, 6.07) is 21.6. The Hall–Kier alpha value is -1.60. The lowest BCUT2D eigenvalue weighted by molar-refractivity contribution is 0.143. The first-order valence-corrected chi connectivity index (χ1v) is 7.41. The van der Waals surface area contributed by atoms with Gasteiger partial charge in [-0.05, 0) is 44.5 Å². The summed E-state index contributed by atoms with van der Waals surface area (Å²) in [4.78, 5) is 2.40. The van der Waals surface area contributed by atoms with Crippen molar-refractivity contribution in [3.05, 3.63) is 71.8 Å². The number of hydrogen-bond acceptors (Lipinski definition) is 1. The van der Waals surface area contributed by atoms with Crippen molar-refractivity contribution in [3.63, 3.8) is 0 Å². The molecule has 106 valence electrons. The van der Waals surface area contributed by atoms with Crippen LogP contribution in [0.1, 0.15) is 24.5 Å². The topological polar surface area (TPSA) is 3.24 Å². The largest absolute Gasteiger partial charge is 0.303 e. The molecule has 0 bridgehead atoms. The van der Waals surface area contributed by atoms with E-state index in [0.29, 0.717) is 0 Å². The molecule has 0 amide bonds. The van der Waals surface area contributed by atoms with Gasteiger partial charge in [-0.25, -0.2) is 0 Å². The second-order valence-electron chi connectivity index (χ2n) is 5.80. The monoisotopic (exact) mass is 267 g/mol. The predicted molar refractivity (Wildman–Crippen MR) is 87.0 cm³/mol. The minimum atomic E-state index is 0.183. The molecule has 0 aliphatic rings. The second kappa shape index (κ2) is 6.71. The van der Waals surface area contributed by atoms with Crippen molar-refractivity contribution < 1.29 is 0 Å². The van der Waals surface area contributed by atoms with Crippen LogP contribution in [0.2, 0.25) is 0 Å². The highest BCUT2D eigenvalue weighted by Gasteiger charge is 2.31. The van der Waals surface area contributed by atoms with Gasteiger partial charge in [0.15, 0.2) is 0 Å². The Balaban J connectivity index is 2.26. The molecular weight excluding hydrogens is 242 g/mol. The van der Waals surface area contributed by atoms with Gasteiger partial charge >= 0.3 is 0 Å². The van der Waals surface area contributed by atoms with Crippen LogP contribution in [0.3, 0.4) is 0 Å². The summed E-state index contributed by atoms with van der Waals surface area (Å²) in [5.74, 6) is 0. The minimum absolute atomic E-state index is 0.183. The van der Waals surface area contributed by atoms with E-state index in [1.54, 1.807) is 0 Å². The highest BCUT2D eigenvalue weighted by Crippen LogP contribution is 2.27. The molecule has 0 aromatic heterocycles. The van der Waals surface area contributed by atoms with Crippen LogP contribution in [0.4, 0.5) is 0 Å². The zero-order valence-corrected chi connectivity index (χ0v) is 12.8. The molecule has 0 fully saturated rings. The molecule has 0 N–H and O–H groups in total. The molecule has 2 rings (SSSR count). The predicted octanol–water partition coefficient (Wildman–Crippen LogP) is 4.18. The fraction of sp³-hybridized carbons (Fsp3) is 0.368. The summed E-state index contributed by atoms with van der Waals surface area (Å²) in [7, 11) is 4.41. The quantitative estimate of drug-likeness (QED) is 0.759. The summed E-state index contributed by atoms with van der Waals surface area (Å²) in [6.07, 6.45) is 3.32. The Morgan fingerprint density at radius 2 is 1.15 bits per heavy atom. The highest BCUT2D eigenvalue weighted by molar-refractivity contribution is 5.22. The summed E-state index contributed by atoms with van der Waals surface area (Å²) in [6.45, 7) is 2.30. The van der Waals surface area contributed by atoms with Gasteiger partial charge in [0.25, 0.3) is 0 Å². The molecule has 0 unspecified atom stereocenters. The van der Waals surface area contributed by atoms with Crippen LogP contribution in [0.15, 0.2) is 60.7 Å². The third-order valence-electron chi connectivity index (χ3n) is 4.36. The van der Waals surface area contributed by atoms with Gasteiger partial charge in [0.05, 0.1) is 0 Å². The number of likely N-dealkylation sites (N-methyl/N-ethyl adjacent to an activating group) is 1. The molecule has 0 aliphatic heterocycles. The molecule has 2 aromatic rings. The van der Waals surface area contributed by atoms with Gasteiger partial charge in [-0.1, -0.05) is 67.6 Å². The van der Waals surface area contributed by atoms with Crippen molar-refractivity contribution in [1.82, 2.24) is 4.90 Å². The maximum Gasteiger partial charge on any atom is 0.0281 e. The van der Waals surface area contributed by atoms with Crippen molar-refractivity contribution in [2.45, 2.75) is 31.7 Å². The maximum absolute atomic E-state index is 2.40. The second-order valence-corrected chi connectivity index (χ2v) is 5.80. The average molecular weight is 267 g/mol. The Labute approximate surface area is 123 Å². The van der Waals surface area contributed by atoms with Crippen LogP contribution < -0.4 is 0 Å². The average Bonchev–Trinajstić information content (AvgIpc) is 2.48. The van der Waals surface area contributed by atoms with Crippen molar-refractivity contribution in [3.8, 4) is 0 Å². The third-order valence-corrected chi connectivity index (χ3v) is 4.36. The molecule has 0 spiro atoms. The molecule has 20 heavy (non-hydrogen) atoms. The first kappa shape index (κ1) is 14.8. The Kier molecular flexibility index (Phi) is 4.97. The SMILES string of the molecule is CCC(Cc1ccccc1)(Cc1ccccc1)N(C)C. The van der Waals surface area contributed by atoms with Crippen LogP contribution in [-0.2, 0) is 12.8 Å². The molecule has 0 saturated carbocycles. The van der Waals surface area contributed by atoms with Crippen molar-refractivity contribution in [2.75, 3.05) is 14.1 Å². The molecule has 1 heteroatoms. The molecule has 1 nitrogen and oxygen atoms in total. The van der Waals surface area contributed by atoms with Crippen molar-refractivity contribution in [1.29, 1.82) is 0 Å². The summed E-state index contributed by atoms with van der Waals surface area (Å²) >= 11 is 0. The van der Waals surface area contributed by atoms with Gasteiger partial charge < -0.3 is 4.90 Å². The highest BCUT2D eigenvalue weighted by atomic mass is 15.1. The molecular formula is C19H25N. The van der Waals surface area contributed by atoms with Crippen molar-refractivity contribution >= 4 is 0 Å². The van der Waals surface area contributed by atoms with Crippen LogP contribution in [0, 0.1) is 0 Å². The van der Waals surface area contributed by atoms with Crippen LogP contribution in [0.25, 0.3) is 0 Å². The van der Waals surface area contributed by atoms with E-state index in [2.05, 4.69) is 86.6 Å². The first-order valence-electron chi connectivity index (χ1n) is 7.41. The lowest BCUT2D eigenvalue weighted by Gasteiger charge is -2.40. The summed E-state index contributed by atoms with van der Waals surface area (Å²) < 4.78 is 0. The van der Waals surface area contributed by atoms with E-state index < -0.39 is 0 Å². The smallest absolute Gasteiger partial charge is 0.0281 e. The lowest BCUT2D eigenvalue weighted by atomic mass is 9.81. The number of nitrogens with zero attached hydrogens (tertiary/aromatic N) is 1. The van der Waals surface area contributed by atoms with Crippen LogP contribution in [-0.4, -0.2) is 24.5 Å². The lowest BCUT2D eigenvalue weighted by Crippen LogP contribution is -2.47. The Morgan fingerprint density at radius 3 is 1.45 bits per heavy atom. The molecule has 0 radical (unpaired) electrons. The van der Waals surface area contributed by atoms with Gasteiger partial charge in [-0.15, -0.1) is 0 Å². The van der Waals surface area contributed by atoms with Gasteiger partial charge in [0.1, 0.15) is 0 Å². The fourth-order valence-electron chi connectivity index (χ4n) is 2.90. The van der Waals surface area contributed by atoms with Gasteiger partial charge in [0.2, 0.25) is 0 Å². The Bertz CT molecular complexity index is 460. The maximum atomic E-state index is 2.40. The van der Waals surface area contributed by atoms with E-state index in [1.807, 2.05) is 0 Å². The van der Waals surface area contributed by atoms with Gasteiger partial charge in [0, 0.05) is 5.54 Å².